The molecule has 3 aromatic rings. The number of carbonyl (C=O) groups is 1. The number of ketones is 1. The highest BCUT2D eigenvalue weighted by Gasteiger charge is 2.18. The zero-order valence-corrected chi connectivity index (χ0v) is 15.1. The van der Waals surface area contributed by atoms with Gasteiger partial charge in [0.2, 0.25) is 0 Å². The Bertz CT molecular complexity index is 901. The van der Waals surface area contributed by atoms with Crippen LogP contribution in [0.2, 0.25) is 0 Å². The van der Waals surface area contributed by atoms with Crippen molar-refractivity contribution < 1.29 is 9.53 Å². The van der Waals surface area contributed by atoms with Crippen LogP contribution in [-0.2, 0) is 11.2 Å². The second kappa shape index (κ2) is 6.93. The van der Waals surface area contributed by atoms with Gasteiger partial charge in [0.05, 0.1) is 31.5 Å². The van der Waals surface area contributed by atoms with Crippen LogP contribution in [0.5, 0.6) is 0 Å². The molecule has 1 saturated heterocycles. The van der Waals surface area contributed by atoms with Crippen LogP contribution >= 0.6 is 15.9 Å². The standard InChI is InChI=1S/C18H17BrN4O2/c19-14-3-1-13(2-4-14)16(24)11-15-12-18(22-7-9-25-10-8-22)23-17(21-15)5-6-20-23/h1-6,12H,7-11H2. The predicted octanol–water partition coefficient (Wildman–Crippen LogP) is 2.75. The van der Waals surface area contributed by atoms with Gasteiger partial charge in [-0.3, -0.25) is 4.79 Å². The topological polar surface area (TPSA) is 59.7 Å². The highest BCUT2D eigenvalue weighted by atomic mass is 79.9. The summed E-state index contributed by atoms with van der Waals surface area (Å²) in [6.07, 6.45) is 1.99. The minimum atomic E-state index is 0.0526. The summed E-state index contributed by atoms with van der Waals surface area (Å²) in [5.74, 6) is 1.01. The summed E-state index contributed by atoms with van der Waals surface area (Å²) in [5.41, 5.74) is 2.19. The molecule has 0 aliphatic carbocycles. The van der Waals surface area contributed by atoms with Crippen LogP contribution in [0.3, 0.4) is 0 Å². The first kappa shape index (κ1) is 16.2. The Hall–Kier alpha value is -2.25. The molecule has 0 amide bonds. The van der Waals surface area contributed by atoms with Crippen LogP contribution in [0.15, 0.2) is 47.1 Å². The molecule has 0 atom stereocenters. The van der Waals surface area contributed by atoms with Crippen LogP contribution in [0.4, 0.5) is 5.82 Å². The molecular weight excluding hydrogens is 384 g/mol. The summed E-state index contributed by atoms with van der Waals surface area (Å²) in [6, 6.07) is 11.2. The normalized spacial score (nSPS) is 14.8. The van der Waals surface area contributed by atoms with E-state index in [1.54, 1.807) is 6.20 Å². The molecule has 4 rings (SSSR count). The van der Waals surface area contributed by atoms with Crippen LogP contribution in [0.1, 0.15) is 16.1 Å². The van der Waals surface area contributed by atoms with E-state index >= 15 is 0 Å². The molecule has 0 radical (unpaired) electrons. The Morgan fingerprint density at radius 1 is 1.16 bits per heavy atom. The molecule has 128 valence electrons. The maximum Gasteiger partial charge on any atom is 0.168 e. The lowest BCUT2D eigenvalue weighted by molar-refractivity contribution is 0.0992. The molecule has 1 aliphatic heterocycles. The van der Waals surface area contributed by atoms with E-state index in [1.807, 2.05) is 40.9 Å². The quantitative estimate of drug-likeness (QED) is 0.630. The fourth-order valence-electron chi connectivity index (χ4n) is 2.96. The lowest BCUT2D eigenvalue weighted by Crippen LogP contribution is -2.37. The average molecular weight is 401 g/mol. The van der Waals surface area contributed by atoms with Gasteiger partial charge in [-0.1, -0.05) is 28.1 Å². The minimum Gasteiger partial charge on any atom is -0.378 e. The van der Waals surface area contributed by atoms with Crippen LogP contribution < -0.4 is 4.90 Å². The summed E-state index contributed by atoms with van der Waals surface area (Å²) in [5, 5.41) is 4.36. The Morgan fingerprint density at radius 3 is 2.68 bits per heavy atom. The van der Waals surface area contributed by atoms with Crippen LogP contribution in [0.25, 0.3) is 5.65 Å². The summed E-state index contributed by atoms with van der Waals surface area (Å²) in [4.78, 5) is 19.4. The first-order chi connectivity index (χ1) is 12.2. The molecule has 3 heterocycles. The largest absolute Gasteiger partial charge is 0.378 e. The molecule has 0 spiro atoms. The van der Waals surface area contributed by atoms with Crippen molar-refractivity contribution in [1.29, 1.82) is 0 Å². The third-order valence-electron chi connectivity index (χ3n) is 4.24. The van der Waals surface area contributed by atoms with Gasteiger partial charge in [0.1, 0.15) is 5.82 Å². The van der Waals surface area contributed by atoms with E-state index in [2.05, 4.69) is 30.9 Å². The van der Waals surface area contributed by atoms with Crippen molar-refractivity contribution in [3.63, 3.8) is 0 Å². The Kier molecular flexibility index (Phi) is 4.50. The molecule has 0 unspecified atom stereocenters. The molecule has 0 saturated carbocycles. The first-order valence-electron chi connectivity index (χ1n) is 8.16. The maximum absolute atomic E-state index is 12.6. The van der Waals surface area contributed by atoms with Gasteiger partial charge in [-0.2, -0.15) is 9.61 Å². The second-order valence-electron chi connectivity index (χ2n) is 5.91. The average Bonchev–Trinajstić information content (AvgIpc) is 3.11. The maximum atomic E-state index is 12.6. The molecule has 1 aliphatic rings. The van der Waals surface area contributed by atoms with Gasteiger partial charge in [0.15, 0.2) is 11.4 Å². The van der Waals surface area contributed by atoms with Gasteiger partial charge >= 0.3 is 0 Å². The van der Waals surface area contributed by atoms with Crippen molar-refractivity contribution in [3.8, 4) is 0 Å². The number of hydrogen-bond acceptors (Lipinski definition) is 5. The molecule has 0 bridgehead atoms. The number of rotatable bonds is 4. The second-order valence-corrected chi connectivity index (χ2v) is 6.83. The Labute approximate surface area is 153 Å². The Balaban J connectivity index is 1.65. The monoisotopic (exact) mass is 400 g/mol. The highest BCUT2D eigenvalue weighted by Crippen LogP contribution is 2.20. The van der Waals surface area contributed by atoms with Gasteiger partial charge < -0.3 is 9.64 Å². The van der Waals surface area contributed by atoms with Gasteiger partial charge in [-0.25, -0.2) is 4.98 Å². The third-order valence-corrected chi connectivity index (χ3v) is 4.77. The number of hydrogen-bond donors (Lipinski definition) is 0. The predicted molar refractivity (Wildman–Crippen MR) is 98.2 cm³/mol. The van der Waals surface area contributed by atoms with Gasteiger partial charge in [0, 0.05) is 35.3 Å². The number of benzene rings is 1. The molecule has 0 N–H and O–H groups in total. The van der Waals surface area contributed by atoms with E-state index in [4.69, 9.17) is 4.74 Å². The molecule has 1 fully saturated rings. The van der Waals surface area contributed by atoms with E-state index in [0.29, 0.717) is 18.8 Å². The van der Waals surface area contributed by atoms with Gasteiger partial charge in [-0.05, 0) is 12.1 Å². The van der Waals surface area contributed by atoms with Crippen LogP contribution in [0, 0.1) is 0 Å². The van der Waals surface area contributed by atoms with Crippen molar-refractivity contribution in [2.24, 2.45) is 0 Å². The molecule has 2 aromatic heterocycles. The number of halogens is 1. The van der Waals surface area contributed by atoms with E-state index in [-0.39, 0.29) is 12.2 Å². The number of Topliss-reactive ketones (excluding diaryl/α,β-unsaturated/α-hetero) is 1. The van der Waals surface area contributed by atoms with Crippen molar-refractivity contribution >= 4 is 33.2 Å². The molecule has 1 aromatic carbocycles. The van der Waals surface area contributed by atoms with Gasteiger partial charge in [0.25, 0.3) is 0 Å². The van der Waals surface area contributed by atoms with Crippen molar-refractivity contribution in [2.45, 2.75) is 6.42 Å². The minimum absolute atomic E-state index is 0.0526. The fourth-order valence-corrected chi connectivity index (χ4v) is 3.22. The van der Waals surface area contributed by atoms with E-state index < -0.39 is 0 Å². The zero-order chi connectivity index (χ0) is 17.2. The zero-order valence-electron chi connectivity index (χ0n) is 13.6. The number of morpholine rings is 1. The van der Waals surface area contributed by atoms with Gasteiger partial charge in [-0.15, -0.1) is 0 Å². The lowest BCUT2D eigenvalue weighted by atomic mass is 10.1. The lowest BCUT2D eigenvalue weighted by Gasteiger charge is -2.29. The number of ether oxygens (including phenoxy) is 1. The highest BCUT2D eigenvalue weighted by molar-refractivity contribution is 9.10. The number of nitrogens with zero attached hydrogens (tertiary/aromatic N) is 4. The fraction of sp³-hybridized carbons (Fsp3) is 0.278. The van der Waals surface area contributed by atoms with Crippen molar-refractivity contribution in [3.05, 3.63) is 58.3 Å². The van der Waals surface area contributed by atoms with Crippen molar-refractivity contribution in [2.75, 3.05) is 31.2 Å². The van der Waals surface area contributed by atoms with E-state index in [0.717, 1.165) is 34.7 Å². The Morgan fingerprint density at radius 2 is 1.92 bits per heavy atom. The molecule has 6 nitrogen and oxygen atoms in total. The van der Waals surface area contributed by atoms with E-state index in [9.17, 15) is 4.79 Å². The summed E-state index contributed by atoms with van der Waals surface area (Å²) >= 11 is 3.39. The summed E-state index contributed by atoms with van der Waals surface area (Å²) in [6.45, 7) is 2.99. The number of carbonyl (C=O) groups excluding carboxylic acids is 1. The smallest absolute Gasteiger partial charge is 0.168 e. The number of anilines is 1. The molecule has 25 heavy (non-hydrogen) atoms. The van der Waals surface area contributed by atoms with Crippen LogP contribution in [-0.4, -0.2) is 46.7 Å². The van der Waals surface area contributed by atoms with E-state index in [1.165, 1.54) is 0 Å². The summed E-state index contributed by atoms with van der Waals surface area (Å²) in [7, 11) is 0. The van der Waals surface area contributed by atoms with Crippen molar-refractivity contribution in [1.82, 2.24) is 14.6 Å². The number of aromatic nitrogens is 3. The molecular formula is C18H17BrN4O2. The first-order valence-corrected chi connectivity index (χ1v) is 8.95. The summed E-state index contributed by atoms with van der Waals surface area (Å²) < 4.78 is 8.21. The molecule has 7 heteroatoms. The number of fused-ring (bicyclic) bond motifs is 1. The third kappa shape index (κ3) is 3.43. The SMILES string of the molecule is O=C(Cc1cc(N2CCOCC2)n2nccc2n1)c1ccc(Br)cc1.